The van der Waals surface area contributed by atoms with Crippen molar-refractivity contribution in [2.45, 2.75) is 118 Å². The van der Waals surface area contributed by atoms with Gasteiger partial charge < -0.3 is 20.8 Å². The van der Waals surface area contributed by atoms with Gasteiger partial charge in [-0.25, -0.2) is 0 Å². The number of aromatic hydroxyl groups is 2. The predicted molar refractivity (Wildman–Crippen MR) is 164 cm³/mol. The molecule has 4 N–H and O–H groups in total. The van der Waals surface area contributed by atoms with Crippen LogP contribution >= 0.6 is 0 Å². The minimum atomic E-state index is -0.191. The molecule has 1 unspecified atom stereocenters. The second-order valence-electron chi connectivity index (χ2n) is 13.2. The summed E-state index contributed by atoms with van der Waals surface area (Å²) in [7, 11) is 0. The molecule has 0 saturated heterocycles. The van der Waals surface area contributed by atoms with Crippen LogP contribution in [0.5, 0.6) is 11.5 Å². The van der Waals surface area contributed by atoms with Gasteiger partial charge in [0.25, 0.3) is 0 Å². The third-order valence-electron chi connectivity index (χ3n) is 7.60. The number of hydrogen-bond donors (Lipinski definition) is 4. The Hall–Kier alpha value is -3.02. The van der Waals surface area contributed by atoms with Crippen LogP contribution in [-0.4, -0.2) is 35.1 Å². The molecular formula is C34H52N2O4. The highest BCUT2D eigenvalue weighted by molar-refractivity contribution is 5.76. The lowest BCUT2D eigenvalue weighted by Gasteiger charge is -2.25. The number of phenols is 2. The molecule has 2 amide bonds. The van der Waals surface area contributed by atoms with E-state index in [1.807, 2.05) is 32.9 Å². The molecule has 6 nitrogen and oxygen atoms in total. The van der Waals surface area contributed by atoms with E-state index in [-0.39, 0.29) is 28.6 Å². The molecule has 0 fully saturated rings. The van der Waals surface area contributed by atoms with Crippen LogP contribution in [0.1, 0.15) is 120 Å². The summed E-state index contributed by atoms with van der Waals surface area (Å²) in [4.78, 5) is 24.5. The van der Waals surface area contributed by atoms with Crippen molar-refractivity contribution >= 4 is 11.8 Å². The van der Waals surface area contributed by atoms with Gasteiger partial charge in [0.05, 0.1) is 0 Å². The second kappa shape index (κ2) is 14.0. The van der Waals surface area contributed by atoms with E-state index in [2.05, 4.69) is 64.3 Å². The first-order chi connectivity index (χ1) is 18.5. The summed E-state index contributed by atoms with van der Waals surface area (Å²) in [6.07, 6.45) is 3.95. The molecule has 6 heteroatoms. The fourth-order valence-electron chi connectivity index (χ4n) is 5.10. The van der Waals surface area contributed by atoms with E-state index < -0.39 is 0 Å². The zero-order valence-electron chi connectivity index (χ0n) is 26.3. The third-order valence-corrected chi connectivity index (χ3v) is 7.60. The van der Waals surface area contributed by atoms with Gasteiger partial charge in [-0.3, -0.25) is 9.59 Å². The number of amides is 2. The maximum absolute atomic E-state index is 12.6. The number of aryl methyl sites for hydroxylation is 3. The molecule has 2 aromatic carbocycles. The average Bonchev–Trinajstić information content (AvgIpc) is 2.85. The average molecular weight is 553 g/mol. The topological polar surface area (TPSA) is 98.7 Å². The van der Waals surface area contributed by atoms with Crippen molar-refractivity contribution in [3.8, 4) is 11.5 Å². The van der Waals surface area contributed by atoms with Gasteiger partial charge in [-0.2, -0.15) is 0 Å². The Labute approximate surface area is 242 Å². The molecule has 2 rings (SSSR count). The molecule has 0 aliphatic heterocycles. The van der Waals surface area contributed by atoms with E-state index in [4.69, 9.17) is 0 Å². The summed E-state index contributed by atoms with van der Waals surface area (Å²) in [5.74, 6) is 0.945. The van der Waals surface area contributed by atoms with E-state index in [9.17, 15) is 19.8 Å². The summed E-state index contributed by atoms with van der Waals surface area (Å²) in [6.45, 7) is 19.4. The van der Waals surface area contributed by atoms with Gasteiger partial charge in [0.1, 0.15) is 11.5 Å². The van der Waals surface area contributed by atoms with Crippen molar-refractivity contribution in [2.24, 2.45) is 0 Å². The minimum absolute atomic E-state index is 0.0188. The van der Waals surface area contributed by atoms with Crippen molar-refractivity contribution in [1.82, 2.24) is 10.6 Å². The molecule has 2 aromatic rings. The lowest BCUT2D eigenvalue weighted by atomic mass is 9.81. The Morgan fingerprint density at radius 1 is 0.775 bits per heavy atom. The highest BCUT2D eigenvalue weighted by Gasteiger charge is 2.23. The summed E-state index contributed by atoms with van der Waals surface area (Å²) in [5, 5.41) is 27.2. The van der Waals surface area contributed by atoms with Crippen LogP contribution in [0.25, 0.3) is 0 Å². The number of benzene rings is 2. The first kappa shape index (κ1) is 33.2. The smallest absolute Gasteiger partial charge is 0.220 e. The monoisotopic (exact) mass is 552 g/mol. The molecule has 0 spiro atoms. The SMILES string of the molecule is CCC(=O)NCCC(CCCNC(=O)CCc1cc(C)c(O)c(C(C)(C)C)c1)c1cc(C)c(O)c(C(C)(C)C)c1. The van der Waals surface area contributed by atoms with Crippen molar-refractivity contribution in [1.29, 1.82) is 0 Å². The fourth-order valence-corrected chi connectivity index (χ4v) is 5.10. The molecule has 0 heterocycles. The lowest BCUT2D eigenvalue weighted by molar-refractivity contribution is -0.121. The summed E-state index contributed by atoms with van der Waals surface area (Å²) >= 11 is 0. The Morgan fingerprint density at radius 2 is 1.32 bits per heavy atom. The van der Waals surface area contributed by atoms with Gasteiger partial charge in [-0.1, -0.05) is 72.7 Å². The number of carbonyl (C=O) groups excluding carboxylic acids is 2. The molecule has 40 heavy (non-hydrogen) atoms. The first-order valence-corrected chi connectivity index (χ1v) is 14.7. The maximum Gasteiger partial charge on any atom is 0.220 e. The zero-order valence-corrected chi connectivity index (χ0v) is 26.3. The van der Waals surface area contributed by atoms with Crippen LogP contribution in [0.3, 0.4) is 0 Å². The van der Waals surface area contributed by atoms with Crippen molar-refractivity contribution in [3.63, 3.8) is 0 Å². The van der Waals surface area contributed by atoms with E-state index in [0.29, 0.717) is 43.9 Å². The fraction of sp³-hybridized carbons (Fsp3) is 0.588. The summed E-state index contributed by atoms with van der Waals surface area (Å²) < 4.78 is 0. The van der Waals surface area contributed by atoms with Crippen LogP contribution in [-0.2, 0) is 26.8 Å². The molecule has 0 saturated carbocycles. The summed E-state index contributed by atoms with van der Waals surface area (Å²) in [5.41, 5.74) is 5.38. The standard InChI is InChI=1S/C34H52N2O4/c1-10-29(37)36-17-15-25(26-19-23(3)32(40)28(21-26)34(7,8)9)12-11-16-35-30(38)14-13-24-18-22(2)31(39)27(20-24)33(4,5)6/h18-21,25,39-40H,10-17H2,1-9H3,(H,35,38)(H,36,37). The Morgan fingerprint density at radius 3 is 1.90 bits per heavy atom. The summed E-state index contributed by atoms with van der Waals surface area (Å²) in [6, 6.07) is 8.15. The van der Waals surface area contributed by atoms with E-state index in [1.165, 1.54) is 0 Å². The molecule has 222 valence electrons. The first-order valence-electron chi connectivity index (χ1n) is 14.7. The van der Waals surface area contributed by atoms with Gasteiger partial charge in [0.15, 0.2) is 0 Å². The van der Waals surface area contributed by atoms with Crippen LogP contribution in [0, 0.1) is 13.8 Å². The van der Waals surface area contributed by atoms with Crippen LogP contribution in [0.4, 0.5) is 0 Å². The van der Waals surface area contributed by atoms with Crippen LogP contribution in [0.2, 0.25) is 0 Å². The Bertz CT molecular complexity index is 1170. The van der Waals surface area contributed by atoms with E-state index in [0.717, 1.165) is 52.6 Å². The van der Waals surface area contributed by atoms with Gasteiger partial charge in [-0.15, -0.1) is 0 Å². The lowest BCUT2D eigenvalue weighted by Crippen LogP contribution is -2.26. The zero-order chi connectivity index (χ0) is 30.3. The number of hydrogen-bond acceptors (Lipinski definition) is 4. The molecule has 0 aliphatic carbocycles. The molecule has 0 aromatic heterocycles. The maximum atomic E-state index is 12.6. The predicted octanol–water partition coefficient (Wildman–Crippen LogP) is 6.84. The molecule has 0 aliphatic rings. The van der Waals surface area contributed by atoms with E-state index >= 15 is 0 Å². The van der Waals surface area contributed by atoms with Crippen LogP contribution in [0.15, 0.2) is 24.3 Å². The van der Waals surface area contributed by atoms with Crippen LogP contribution < -0.4 is 10.6 Å². The van der Waals surface area contributed by atoms with E-state index in [1.54, 1.807) is 0 Å². The van der Waals surface area contributed by atoms with Crippen molar-refractivity contribution in [2.75, 3.05) is 13.1 Å². The number of rotatable bonds is 12. The highest BCUT2D eigenvalue weighted by atomic mass is 16.3. The van der Waals surface area contributed by atoms with Gasteiger partial charge >= 0.3 is 0 Å². The quantitative estimate of drug-likeness (QED) is 0.217. The second-order valence-corrected chi connectivity index (χ2v) is 13.2. The Balaban J connectivity index is 2.02. The largest absolute Gasteiger partial charge is 0.507 e. The van der Waals surface area contributed by atoms with Crippen molar-refractivity contribution < 1.29 is 19.8 Å². The Kier molecular flexibility index (Phi) is 11.7. The molecule has 0 bridgehead atoms. The number of carbonyl (C=O) groups is 2. The number of nitrogens with one attached hydrogen (secondary N) is 2. The highest BCUT2D eigenvalue weighted by Crippen LogP contribution is 2.38. The minimum Gasteiger partial charge on any atom is -0.507 e. The van der Waals surface area contributed by atoms with Gasteiger partial charge in [-0.05, 0) is 89.7 Å². The molecule has 0 radical (unpaired) electrons. The molecular weight excluding hydrogens is 500 g/mol. The van der Waals surface area contributed by atoms with Gasteiger partial charge in [0.2, 0.25) is 11.8 Å². The third kappa shape index (κ3) is 9.57. The van der Waals surface area contributed by atoms with Crippen molar-refractivity contribution in [3.05, 3.63) is 57.6 Å². The van der Waals surface area contributed by atoms with Gasteiger partial charge in [0, 0.05) is 25.9 Å². The normalized spacial score (nSPS) is 12.7. The number of phenolic OH excluding ortho intramolecular Hbond substituents is 2. The molecule has 1 atom stereocenters.